The van der Waals surface area contributed by atoms with Gasteiger partial charge in [0.15, 0.2) is 0 Å². The van der Waals surface area contributed by atoms with Gasteiger partial charge in [-0.25, -0.2) is 4.79 Å². The van der Waals surface area contributed by atoms with Crippen molar-refractivity contribution in [3.05, 3.63) is 29.3 Å². The lowest BCUT2D eigenvalue weighted by atomic mass is 9.90. The quantitative estimate of drug-likeness (QED) is 0.762. The molecule has 1 unspecified atom stereocenters. The predicted molar refractivity (Wildman–Crippen MR) is 89.7 cm³/mol. The summed E-state index contributed by atoms with van der Waals surface area (Å²) in [7, 11) is 1.36. The number of hydrogen-bond donors (Lipinski definition) is 1. The van der Waals surface area contributed by atoms with Crippen molar-refractivity contribution in [2.75, 3.05) is 13.7 Å². The molecule has 23 heavy (non-hydrogen) atoms. The molecule has 128 valence electrons. The van der Waals surface area contributed by atoms with E-state index in [4.69, 9.17) is 9.47 Å². The second-order valence-corrected chi connectivity index (χ2v) is 6.37. The third kappa shape index (κ3) is 4.96. The van der Waals surface area contributed by atoms with E-state index in [0.29, 0.717) is 30.3 Å². The molecule has 1 aliphatic carbocycles. The molecule has 0 bridgehead atoms. The van der Waals surface area contributed by atoms with Gasteiger partial charge in [0.05, 0.1) is 19.8 Å². The average molecular weight is 320 g/mol. The van der Waals surface area contributed by atoms with E-state index in [1.165, 1.54) is 39.2 Å². The molecule has 0 aliphatic heterocycles. The molecule has 0 aromatic heterocycles. The molecule has 1 fully saturated rings. The summed E-state index contributed by atoms with van der Waals surface area (Å²) in [4.78, 5) is 12.0. The number of aliphatic hydroxyl groups excluding tert-OH is 1. The Morgan fingerprint density at radius 3 is 2.70 bits per heavy atom. The second-order valence-electron chi connectivity index (χ2n) is 6.37. The monoisotopic (exact) mass is 320 g/mol. The fraction of sp³-hybridized carbons (Fsp3) is 0.632. The minimum atomic E-state index is -0.559. The Balaban J connectivity index is 2.11. The maximum atomic E-state index is 12.0. The third-order valence-corrected chi connectivity index (χ3v) is 4.56. The Hall–Kier alpha value is -1.55. The SMILES string of the molecule is CCCC(O)c1ccc(OCC2CCCCC2)c(C(=O)OC)c1. The normalized spacial score (nSPS) is 16.8. The van der Waals surface area contributed by atoms with Crippen LogP contribution in [0.15, 0.2) is 18.2 Å². The molecule has 0 spiro atoms. The summed E-state index contributed by atoms with van der Waals surface area (Å²) in [5, 5.41) is 10.1. The smallest absolute Gasteiger partial charge is 0.341 e. The largest absolute Gasteiger partial charge is 0.492 e. The Bertz CT molecular complexity index is 506. The van der Waals surface area contributed by atoms with Crippen molar-refractivity contribution in [2.45, 2.75) is 58.0 Å². The van der Waals surface area contributed by atoms with Crippen molar-refractivity contribution in [3.8, 4) is 5.75 Å². The number of carbonyl (C=O) groups excluding carboxylic acids is 1. The van der Waals surface area contributed by atoms with Crippen molar-refractivity contribution in [1.82, 2.24) is 0 Å². The van der Waals surface area contributed by atoms with Gasteiger partial charge in [0.25, 0.3) is 0 Å². The average Bonchev–Trinajstić information content (AvgIpc) is 2.60. The van der Waals surface area contributed by atoms with E-state index in [2.05, 4.69) is 0 Å². The lowest BCUT2D eigenvalue weighted by Crippen LogP contribution is -2.17. The summed E-state index contributed by atoms with van der Waals surface area (Å²) >= 11 is 0. The Labute approximate surface area is 138 Å². The maximum Gasteiger partial charge on any atom is 0.341 e. The van der Waals surface area contributed by atoms with Crippen LogP contribution in [0, 0.1) is 5.92 Å². The van der Waals surface area contributed by atoms with Crippen LogP contribution in [0.5, 0.6) is 5.75 Å². The number of aliphatic hydroxyl groups is 1. The van der Waals surface area contributed by atoms with E-state index in [1.807, 2.05) is 13.0 Å². The van der Waals surface area contributed by atoms with Crippen molar-refractivity contribution in [2.24, 2.45) is 5.92 Å². The minimum Gasteiger partial charge on any atom is -0.492 e. The molecule has 0 saturated heterocycles. The first-order valence-electron chi connectivity index (χ1n) is 8.68. The minimum absolute atomic E-state index is 0.399. The van der Waals surface area contributed by atoms with Gasteiger partial charge in [-0.2, -0.15) is 0 Å². The van der Waals surface area contributed by atoms with Gasteiger partial charge in [-0.1, -0.05) is 38.7 Å². The van der Waals surface area contributed by atoms with Crippen LogP contribution in [0.2, 0.25) is 0 Å². The van der Waals surface area contributed by atoms with E-state index in [1.54, 1.807) is 12.1 Å². The summed E-state index contributed by atoms with van der Waals surface area (Å²) in [5.74, 6) is 0.698. The highest BCUT2D eigenvalue weighted by Gasteiger charge is 2.19. The van der Waals surface area contributed by atoms with Gasteiger partial charge in [-0.15, -0.1) is 0 Å². The molecule has 4 heteroatoms. The molecule has 0 heterocycles. The van der Waals surface area contributed by atoms with Crippen molar-refractivity contribution >= 4 is 5.97 Å². The van der Waals surface area contributed by atoms with Crippen LogP contribution in [-0.2, 0) is 4.74 Å². The van der Waals surface area contributed by atoms with Crippen LogP contribution < -0.4 is 4.74 Å². The van der Waals surface area contributed by atoms with Gasteiger partial charge < -0.3 is 14.6 Å². The Kier molecular flexibility index (Phi) is 6.90. The van der Waals surface area contributed by atoms with Crippen LogP contribution in [0.25, 0.3) is 0 Å². The number of carbonyl (C=O) groups is 1. The van der Waals surface area contributed by atoms with Crippen LogP contribution in [-0.4, -0.2) is 24.8 Å². The number of ether oxygens (including phenoxy) is 2. The van der Waals surface area contributed by atoms with Crippen molar-refractivity contribution in [3.63, 3.8) is 0 Å². The van der Waals surface area contributed by atoms with E-state index >= 15 is 0 Å². The van der Waals surface area contributed by atoms with Gasteiger partial charge in [-0.05, 0) is 42.9 Å². The van der Waals surface area contributed by atoms with E-state index in [-0.39, 0.29) is 0 Å². The number of benzene rings is 1. The molecule has 1 aliphatic rings. The van der Waals surface area contributed by atoms with E-state index < -0.39 is 12.1 Å². The molecule has 1 N–H and O–H groups in total. The van der Waals surface area contributed by atoms with Gasteiger partial charge in [0, 0.05) is 0 Å². The summed E-state index contributed by atoms with van der Waals surface area (Å²) < 4.78 is 10.8. The van der Waals surface area contributed by atoms with Crippen molar-refractivity contribution in [1.29, 1.82) is 0 Å². The number of esters is 1. The van der Waals surface area contributed by atoms with Gasteiger partial charge in [-0.3, -0.25) is 0 Å². The Morgan fingerprint density at radius 2 is 2.04 bits per heavy atom. The van der Waals surface area contributed by atoms with E-state index in [9.17, 15) is 9.90 Å². The molecule has 2 rings (SSSR count). The van der Waals surface area contributed by atoms with Gasteiger partial charge >= 0.3 is 5.97 Å². The number of rotatable bonds is 7. The molecule has 0 radical (unpaired) electrons. The van der Waals surface area contributed by atoms with Crippen molar-refractivity contribution < 1.29 is 19.4 Å². The first-order valence-corrected chi connectivity index (χ1v) is 8.68. The van der Waals surface area contributed by atoms with Crippen LogP contribution in [0.1, 0.15) is 73.9 Å². The highest BCUT2D eigenvalue weighted by molar-refractivity contribution is 5.92. The highest BCUT2D eigenvalue weighted by Crippen LogP contribution is 2.29. The second kappa shape index (κ2) is 8.92. The molecule has 1 aromatic rings. The molecule has 1 saturated carbocycles. The molecule has 1 aromatic carbocycles. The van der Waals surface area contributed by atoms with E-state index in [0.717, 1.165) is 12.0 Å². The number of methoxy groups -OCH3 is 1. The lowest BCUT2D eigenvalue weighted by Gasteiger charge is -2.22. The standard InChI is InChI=1S/C19H28O4/c1-3-7-17(20)15-10-11-18(16(12-15)19(21)22-2)23-13-14-8-5-4-6-9-14/h10-12,14,17,20H,3-9,13H2,1-2H3. The zero-order valence-corrected chi connectivity index (χ0v) is 14.2. The zero-order valence-electron chi connectivity index (χ0n) is 14.2. The fourth-order valence-electron chi connectivity index (χ4n) is 3.15. The summed E-state index contributed by atoms with van der Waals surface area (Å²) in [6.07, 6.45) is 7.23. The van der Waals surface area contributed by atoms with Gasteiger partial charge in [0.2, 0.25) is 0 Å². The summed E-state index contributed by atoms with van der Waals surface area (Å²) in [5.41, 5.74) is 1.13. The first kappa shape index (κ1) is 17.8. The summed E-state index contributed by atoms with van der Waals surface area (Å²) in [6, 6.07) is 5.31. The predicted octanol–water partition coefficient (Wildman–Crippen LogP) is 4.27. The molecule has 4 nitrogen and oxygen atoms in total. The third-order valence-electron chi connectivity index (χ3n) is 4.56. The van der Waals surface area contributed by atoms with Crippen LogP contribution >= 0.6 is 0 Å². The number of hydrogen-bond acceptors (Lipinski definition) is 4. The zero-order chi connectivity index (χ0) is 16.7. The molecular formula is C19H28O4. The highest BCUT2D eigenvalue weighted by atomic mass is 16.5. The fourth-order valence-corrected chi connectivity index (χ4v) is 3.15. The molecule has 1 atom stereocenters. The summed E-state index contributed by atoms with van der Waals surface area (Å²) in [6.45, 7) is 2.66. The first-order chi connectivity index (χ1) is 11.2. The maximum absolute atomic E-state index is 12.0. The molecule has 0 amide bonds. The Morgan fingerprint density at radius 1 is 1.30 bits per heavy atom. The molecular weight excluding hydrogens is 292 g/mol. The van der Waals surface area contributed by atoms with Crippen LogP contribution in [0.3, 0.4) is 0 Å². The lowest BCUT2D eigenvalue weighted by molar-refractivity contribution is 0.0594. The topological polar surface area (TPSA) is 55.8 Å². The van der Waals surface area contributed by atoms with Crippen LogP contribution in [0.4, 0.5) is 0 Å². The van der Waals surface area contributed by atoms with Gasteiger partial charge in [0.1, 0.15) is 11.3 Å².